The van der Waals surface area contributed by atoms with Crippen molar-refractivity contribution in [3.8, 4) is 0 Å². The van der Waals surface area contributed by atoms with Crippen LogP contribution in [0.5, 0.6) is 0 Å². The van der Waals surface area contributed by atoms with Crippen LogP contribution in [0.3, 0.4) is 0 Å². The number of hydrogen-bond donors (Lipinski definition) is 10. The predicted molar refractivity (Wildman–Crippen MR) is 176 cm³/mol. The topological polar surface area (TPSA) is 356 Å². The molecule has 24 heteroatoms. The first kappa shape index (κ1) is 40.7. The number of hydrogen-bond acceptors (Lipinski definition) is 14. The maximum absolute atomic E-state index is 13.3. The highest BCUT2D eigenvalue weighted by Crippen LogP contribution is 2.23. The van der Waals surface area contributed by atoms with Gasteiger partial charge in [0, 0.05) is 31.0 Å². The summed E-state index contributed by atoms with van der Waals surface area (Å²) in [6.07, 6.45) is -2.77. The van der Waals surface area contributed by atoms with Crippen LogP contribution in [0.15, 0.2) is 0 Å². The van der Waals surface area contributed by atoms with E-state index in [1.165, 1.54) is 0 Å². The fourth-order valence-corrected chi connectivity index (χ4v) is 7.49. The number of carbonyl (C=O) groups is 10. The predicted octanol–water partition coefficient (Wildman–Crippen LogP) is -7.21. The number of aliphatic hydroxyl groups excluding tert-OH is 1. The van der Waals surface area contributed by atoms with Gasteiger partial charge in [0.05, 0.1) is 38.1 Å². The molecule has 13 N–H and O–H groups in total. The van der Waals surface area contributed by atoms with E-state index in [-0.39, 0.29) is 37.4 Å². The third kappa shape index (κ3) is 11.7. The van der Waals surface area contributed by atoms with Crippen LogP contribution in [-0.2, 0) is 47.9 Å². The van der Waals surface area contributed by atoms with Gasteiger partial charge in [0.1, 0.15) is 30.2 Å². The van der Waals surface area contributed by atoms with Crippen LogP contribution >= 0.6 is 21.6 Å². The van der Waals surface area contributed by atoms with Gasteiger partial charge < -0.3 is 63.8 Å². The van der Waals surface area contributed by atoms with Crippen LogP contribution in [0, 0.1) is 0 Å². The molecule has 7 atom stereocenters. The fourth-order valence-electron chi connectivity index (χ4n) is 5.19. The summed E-state index contributed by atoms with van der Waals surface area (Å²) in [6, 6.07) is -8.25. The fraction of sp³-hybridized carbons (Fsp3) is 0.630. The molecule has 0 aromatic rings. The molecule has 51 heavy (non-hydrogen) atoms. The van der Waals surface area contributed by atoms with E-state index in [2.05, 4.69) is 26.6 Å². The highest BCUT2D eigenvalue weighted by molar-refractivity contribution is 8.76. The molecular weight excluding hydrogens is 720 g/mol. The lowest BCUT2D eigenvalue weighted by Crippen LogP contribution is -2.61. The minimum absolute atomic E-state index is 0.126. The summed E-state index contributed by atoms with van der Waals surface area (Å²) in [5.41, 5.74) is 16.6. The molecule has 9 amide bonds. The second kappa shape index (κ2) is 18.5. The monoisotopic (exact) mass is 760 g/mol. The van der Waals surface area contributed by atoms with Crippen LogP contribution in [0.1, 0.15) is 25.7 Å². The van der Waals surface area contributed by atoms with E-state index in [0.29, 0.717) is 0 Å². The van der Waals surface area contributed by atoms with E-state index in [1.807, 2.05) is 0 Å². The van der Waals surface area contributed by atoms with Crippen molar-refractivity contribution in [2.75, 3.05) is 37.7 Å². The molecule has 3 rings (SSSR count). The molecule has 22 nitrogen and oxygen atoms in total. The zero-order chi connectivity index (χ0) is 38.0. The minimum Gasteiger partial charge on any atom is -0.481 e. The number of nitrogens with two attached hydrogens (primary N) is 3. The van der Waals surface area contributed by atoms with Gasteiger partial charge in [-0.2, -0.15) is 0 Å². The minimum atomic E-state index is -1.63. The number of aliphatic hydroxyl groups is 1. The van der Waals surface area contributed by atoms with E-state index in [0.717, 1.165) is 31.4 Å². The van der Waals surface area contributed by atoms with Crippen molar-refractivity contribution in [2.45, 2.75) is 68.0 Å². The van der Waals surface area contributed by atoms with Crippen molar-refractivity contribution < 1.29 is 58.2 Å². The van der Waals surface area contributed by atoms with Gasteiger partial charge in [0.25, 0.3) is 0 Å². The second-order valence-corrected chi connectivity index (χ2v) is 14.4. The van der Waals surface area contributed by atoms with E-state index < -0.39 is 127 Å². The van der Waals surface area contributed by atoms with Gasteiger partial charge in [-0.1, -0.05) is 21.6 Å². The standard InChI is InChI=1S/C27H40N10O12S2/c28-12-9-50-51-10-15(22(30)44)35-25(47)13(4-18(29)39)34-27(49)17-3-11(38)8-37(17)20(41)7-32-26(48)16-1-2-36(16)19(40)6-31-24(46)14(5-21(42)43)33-23(12)45/h11-17,38H,1-10,28H2,(H2,29,39)(H2,30,44)(H,31,46)(H,32,48)(H,33,45)(H,34,49)(H,35,47)(H,42,43)/t11-,12-,13+,14-,15-,16+,17+/m1/s1. The number of fused-ring (bicyclic) bond motifs is 2. The molecule has 3 heterocycles. The third-order valence-corrected chi connectivity index (χ3v) is 10.4. The Balaban J connectivity index is 1.83. The van der Waals surface area contributed by atoms with Gasteiger partial charge in [-0.15, -0.1) is 0 Å². The van der Waals surface area contributed by atoms with Crippen LogP contribution in [0.25, 0.3) is 0 Å². The van der Waals surface area contributed by atoms with Gasteiger partial charge in [-0.05, 0) is 6.42 Å². The molecule has 3 aliphatic rings. The Morgan fingerprint density at radius 1 is 0.745 bits per heavy atom. The summed E-state index contributed by atoms with van der Waals surface area (Å²) < 4.78 is 0. The molecule has 0 aromatic carbocycles. The first-order valence-electron chi connectivity index (χ1n) is 15.5. The molecule has 0 spiro atoms. The van der Waals surface area contributed by atoms with E-state index in [1.54, 1.807) is 0 Å². The second-order valence-electron chi connectivity index (χ2n) is 11.8. The number of nitrogens with zero attached hydrogens (tertiary/aromatic N) is 2. The normalized spacial score (nSPS) is 29.6. The number of nitrogens with one attached hydrogen (secondary N) is 5. The Hall–Kier alpha value is -4.68. The van der Waals surface area contributed by atoms with Crippen molar-refractivity contribution in [2.24, 2.45) is 17.2 Å². The zero-order valence-electron chi connectivity index (χ0n) is 27.0. The van der Waals surface area contributed by atoms with Crippen LogP contribution in [0.4, 0.5) is 0 Å². The molecule has 282 valence electrons. The lowest BCUT2D eigenvalue weighted by Gasteiger charge is -2.39. The molecule has 0 radical (unpaired) electrons. The Morgan fingerprint density at radius 2 is 1.33 bits per heavy atom. The summed E-state index contributed by atoms with van der Waals surface area (Å²) in [5.74, 6) is -9.89. The number of carboxylic acid groups (broad SMARTS) is 1. The molecule has 0 saturated carbocycles. The van der Waals surface area contributed by atoms with Gasteiger partial charge >= 0.3 is 5.97 Å². The van der Waals surface area contributed by atoms with Crippen LogP contribution < -0.4 is 43.8 Å². The van der Waals surface area contributed by atoms with E-state index in [9.17, 15) is 58.2 Å². The Bertz CT molecular complexity index is 1440. The summed E-state index contributed by atoms with van der Waals surface area (Å²) in [7, 11) is 1.91. The Labute approximate surface area is 297 Å². The highest BCUT2D eigenvalue weighted by atomic mass is 33.1. The first-order valence-corrected chi connectivity index (χ1v) is 18.0. The Morgan fingerprint density at radius 3 is 1.92 bits per heavy atom. The molecule has 0 unspecified atom stereocenters. The van der Waals surface area contributed by atoms with Crippen molar-refractivity contribution in [1.82, 2.24) is 36.4 Å². The highest BCUT2D eigenvalue weighted by Gasteiger charge is 2.42. The number of carbonyl (C=O) groups excluding carboxylic acids is 9. The molecule has 3 saturated heterocycles. The lowest BCUT2D eigenvalue weighted by atomic mass is 10.0. The third-order valence-electron chi connectivity index (χ3n) is 7.98. The number of amides is 9. The summed E-state index contributed by atoms with van der Waals surface area (Å²) in [6.45, 7) is -1.48. The molecule has 0 aliphatic carbocycles. The largest absolute Gasteiger partial charge is 0.481 e. The maximum Gasteiger partial charge on any atom is 0.305 e. The van der Waals surface area contributed by atoms with Crippen LogP contribution in [-0.4, -0.2) is 159 Å². The zero-order valence-corrected chi connectivity index (χ0v) is 28.7. The van der Waals surface area contributed by atoms with Gasteiger partial charge in [0.2, 0.25) is 53.2 Å². The number of carboxylic acids is 1. The molecule has 0 bridgehead atoms. The summed E-state index contributed by atoms with van der Waals surface area (Å²) >= 11 is 0. The van der Waals surface area contributed by atoms with Crippen molar-refractivity contribution >= 4 is 80.7 Å². The Kier molecular flexibility index (Phi) is 14.8. The SMILES string of the molecule is NC(=O)C[C@@H]1NC(=O)[C@@H]2C[C@@H](O)CN2C(=O)CNC(=O)[C@@H]2CCN2C(=O)CNC(=O)[C@@H](CC(=O)O)NC(=O)[C@H](N)CSSC[C@H](C(N)=O)NC1=O. The smallest absolute Gasteiger partial charge is 0.305 e. The van der Waals surface area contributed by atoms with Crippen molar-refractivity contribution in [1.29, 1.82) is 0 Å². The number of rotatable bonds is 5. The number of primary amides is 2. The van der Waals surface area contributed by atoms with Gasteiger partial charge in [0.15, 0.2) is 0 Å². The number of aliphatic carboxylic acids is 1. The maximum atomic E-state index is 13.3. The van der Waals surface area contributed by atoms with Crippen molar-refractivity contribution in [3.05, 3.63) is 0 Å². The average Bonchev–Trinajstić information content (AvgIpc) is 3.43. The van der Waals surface area contributed by atoms with Crippen LogP contribution in [0.2, 0.25) is 0 Å². The van der Waals surface area contributed by atoms with Crippen molar-refractivity contribution in [3.63, 3.8) is 0 Å². The van der Waals surface area contributed by atoms with E-state index in [4.69, 9.17) is 17.2 Å². The summed E-state index contributed by atoms with van der Waals surface area (Å²) in [5, 5.41) is 31.0. The average molecular weight is 761 g/mol. The summed E-state index contributed by atoms with van der Waals surface area (Å²) in [4.78, 5) is 128. The van der Waals surface area contributed by atoms with Gasteiger partial charge in [-0.3, -0.25) is 47.9 Å². The van der Waals surface area contributed by atoms with E-state index >= 15 is 0 Å². The first-order chi connectivity index (χ1) is 24.0. The quantitative estimate of drug-likeness (QED) is 0.116. The molecule has 3 aliphatic heterocycles. The molecule has 3 fully saturated rings. The van der Waals surface area contributed by atoms with Gasteiger partial charge in [-0.25, -0.2) is 0 Å². The molecular formula is C27H40N10O12S2. The molecule has 0 aromatic heterocycles. The lowest BCUT2D eigenvalue weighted by molar-refractivity contribution is -0.148.